The molecule has 160 valence electrons. The summed E-state index contributed by atoms with van der Waals surface area (Å²) in [5, 5.41) is 3.09. The van der Waals surface area contributed by atoms with Crippen molar-refractivity contribution in [3.8, 4) is 0 Å². The zero-order chi connectivity index (χ0) is 21.7. The van der Waals surface area contributed by atoms with Crippen molar-refractivity contribution in [1.82, 2.24) is 5.32 Å². The Morgan fingerprint density at radius 2 is 1.42 bits per heavy atom. The monoisotopic (exact) mass is 434 g/mol. The van der Waals surface area contributed by atoms with Crippen LogP contribution in [0.5, 0.6) is 0 Å². The molecule has 1 fully saturated rings. The number of amides is 1. The van der Waals surface area contributed by atoms with E-state index in [1.807, 2.05) is 30.3 Å². The van der Waals surface area contributed by atoms with Crippen molar-refractivity contribution in [2.24, 2.45) is 0 Å². The van der Waals surface area contributed by atoms with Crippen LogP contribution in [-0.4, -0.2) is 20.4 Å². The van der Waals surface area contributed by atoms with E-state index in [1.165, 1.54) is 4.31 Å². The topological polar surface area (TPSA) is 66.5 Å². The van der Waals surface area contributed by atoms with E-state index in [4.69, 9.17) is 0 Å². The molecule has 3 aromatic carbocycles. The summed E-state index contributed by atoms with van der Waals surface area (Å²) < 4.78 is 28.6. The molecule has 3 aromatic rings. The zero-order valence-corrected chi connectivity index (χ0v) is 18.1. The van der Waals surface area contributed by atoms with Gasteiger partial charge in [-0.25, -0.2) is 8.42 Å². The highest BCUT2D eigenvalue weighted by Crippen LogP contribution is 2.30. The molecular weight excluding hydrogens is 408 g/mol. The maximum absolute atomic E-state index is 13.7. The van der Waals surface area contributed by atoms with Crippen LogP contribution in [0.1, 0.15) is 41.6 Å². The summed E-state index contributed by atoms with van der Waals surface area (Å²) in [5.41, 5.74) is 1.59. The van der Waals surface area contributed by atoms with Gasteiger partial charge in [-0.2, -0.15) is 0 Å². The van der Waals surface area contributed by atoms with Gasteiger partial charge in [-0.3, -0.25) is 9.10 Å². The fourth-order valence-corrected chi connectivity index (χ4v) is 5.48. The van der Waals surface area contributed by atoms with Crippen LogP contribution in [0, 0.1) is 0 Å². The van der Waals surface area contributed by atoms with Crippen LogP contribution in [0.4, 0.5) is 5.69 Å². The Hall–Kier alpha value is -3.12. The largest absolute Gasteiger partial charge is 0.349 e. The Morgan fingerprint density at radius 1 is 0.839 bits per heavy atom. The van der Waals surface area contributed by atoms with E-state index in [0.29, 0.717) is 11.3 Å². The fraction of sp³-hybridized carbons (Fsp3) is 0.240. The first-order valence-electron chi connectivity index (χ1n) is 10.6. The number of para-hydroxylation sites is 1. The molecule has 6 heteroatoms. The van der Waals surface area contributed by atoms with Crippen LogP contribution >= 0.6 is 0 Å². The molecule has 5 nitrogen and oxygen atoms in total. The molecule has 0 radical (unpaired) electrons. The minimum atomic E-state index is -3.88. The molecule has 0 saturated heterocycles. The molecule has 0 heterocycles. The van der Waals surface area contributed by atoms with Crippen molar-refractivity contribution in [2.75, 3.05) is 4.31 Å². The molecule has 0 aliphatic heterocycles. The first-order valence-corrected chi connectivity index (χ1v) is 12.0. The first kappa shape index (κ1) is 21.1. The van der Waals surface area contributed by atoms with Crippen molar-refractivity contribution in [3.63, 3.8) is 0 Å². The Bertz CT molecular complexity index is 1130. The quantitative estimate of drug-likeness (QED) is 0.583. The lowest BCUT2D eigenvalue weighted by Gasteiger charge is -2.27. The number of carbonyl (C=O) groups is 1. The number of nitrogens with one attached hydrogen (secondary N) is 1. The lowest BCUT2D eigenvalue weighted by Crippen LogP contribution is -2.36. The van der Waals surface area contributed by atoms with Gasteiger partial charge in [0.2, 0.25) is 0 Å². The molecule has 0 unspecified atom stereocenters. The minimum absolute atomic E-state index is 0.131. The highest BCUT2D eigenvalue weighted by atomic mass is 32.2. The lowest BCUT2D eigenvalue weighted by atomic mass is 10.1. The van der Waals surface area contributed by atoms with Gasteiger partial charge < -0.3 is 5.32 Å². The second-order valence-electron chi connectivity index (χ2n) is 7.78. The number of hydrogen-bond donors (Lipinski definition) is 1. The highest BCUT2D eigenvalue weighted by Gasteiger charge is 2.29. The van der Waals surface area contributed by atoms with E-state index in [1.54, 1.807) is 54.6 Å². The number of anilines is 1. The summed E-state index contributed by atoms with van der Waals surface area (Å²) in [4.78, 5) is 13.3. The Labute approximate surface area is 183 Å². The molecule has 0 bridgehead atoms. The second-order valence-corrected chi connectivity index (χ2v) is 9.64. The summed E-state index contributed by atoms with van der Waals surface area (Å²) in [7, 11) is -3.88. The molecule has 1 saturated carbocycles. The van der Waals surface area contributed by atoms with Gasteiger partial charge in [0.1, 0.15) is 0 Å². The molecule has 0 aromatic heterocycles. The molecule has 0 spiro atoms. The summed E-state index contributed by atoms with van der Waals surface area (Å²) in [6.07, 6.45) is 4.14. The second kappa shape index (κ2) is 9.35. The van der Waals surface area contributed by atoms with Gasteiger partial charge in [0.25, 0.3) is 15.9 Å². The third kappa shape index (κ3) is 4.80. The van der Waals surface area contributed by atoms with Crippen LogP contribution in [0.25, 0.3) is 0 Å². The summed E-state index contributed by atoms with van der Waals surface area (Å²) in [5.74, 6) is -0.233. The molecule has 0 atom stereocenters. The Kier molecular flexibility index (Phi) is 6.37. The van der Waals surface area contributed by atoms with Crippen molar-refractivity contribution in [3.05, 3.63) is 96.1 Å². The van der Waals surface area contributed by atoms with Gasteiger partial charge in [0.15, 0.2) is 0 Å². The molecule has 1 amide bonds. The minimum Gasteiger partial charge on any atom is -0.349 e. The summed E-state index contributed by atoms with van der Waals surface area (Å²) in [6.45, 7) is 0.131. The van der Waals surface area contributed by atoms with Crippen LogP contribution < -0.4 is 9.62 Å². The average Bonchev–Trinajstić information content (AvgIpc) is 3.32. The molecule has 4 rings (SSSR count). The molecule has 1 aliphatic rings. The van der Waals surface area contributed by atoms with E-state index >= 15 is 0 Å². The van der Waals surface area contributed by atoms with Gasteiger partial charge in [-0.05, 0) is 42.7 Å². The predicted octanol–water partition coefficient (Wildman–Crippen LogP) is 4.75. The van der Waals surface area contributed by atoms with Crippen molar-refractivity contribution < 1.29 is 13.2 Å². The summed E-state index contributed by atoms with van der Waals surface area (Å²) in [6, 6.07) is 24.8. The van der Waals surface area contributed by atoms with E-state index in [9.17, 15) is 13.2 Å². The van der Waals surface area contributed by atoms with Gasteiger partial charge in [0, 0.05) is 6.04 Å². The average molecular weight is 435 g/mol. The van der Waals surface area contributed by atoms with Gasteiger partial charge in [-0.15, -0.1) is 0 Å². The van der Waals surface area contributed by atoms with E-state index in [2.05, 4.69) is 5.32 Å². The number of benzene rings is 3. The Morgan fingerprint density at radius 3 is 2.10 bits per heavy atom. The first-order chi connectivity index (χ1) is 15.1. The van der Waals surface area contributed by atoms with Crippen LogP contribution in [0.3, 0.4) is 0 Å². The predicted molar refractivity (Wildman–Crippen MR) is 122 cm³/mol. The highest BCUT2D eigenvalue weighted by molar-refractivity contribution is 7.92. The van der Waals surface area contributed by atoms with Gasteiger partial charge >= 0.3 is 0 Å². The maximum atomic E-state index is 13.7. The number of carbonyl (C=O) groups excluding carboxylic acids is 1. The zero-order valence-electron chi connectivity index (χ0n) is 17.3. The molecule has 1 N–H and O–H groups in total. The van der Waals surface area contributed by atoms with Crippen molar-refractivity contribution in [1.29, 1.82) is 0 Å². The normalized spacial score (nSPS) is 14.3. The van der Waals surface area contributed by atoms with E-state index in [0.717, 1.165) is 31.2 Å². The lowest BCUT2D eigenvalue weighted by molar-refractivity contribution is 0.0938. The van der Waals surface area contributed by atoms with Gasteiger partial charge in [-0.1, -0.05) is 73.5 Å². The molecular formula is C25H26N2O3S. The SMILES string of the molecule is O=C(NC1CCCC1)c1ccccc1N(Cc1ccccc1)S(=O)(=O)c1ccccc1. The summed E-state index contributed by atoms with van der Waals surface area (Å²) >= 11 is 0. The van der Waals surface area contributed by atoms with E-state index in [-0.39, 0.29) is 23.4 Å². The molecule has 31 heavy (non-hydrogen) atoms. The number of sulfonamides is 1. The van der Waals surface area contributed by atoms with Gasteiger partial charge in [0.05, 0.1) is 22.7 Å². The third-order valence-electron chi connectivity index (χ3n) is 5.61. The van der Waals surface area contributed by atoms with E-state index < -0.39 is 10.0 Å². The van der Waals surface area contributed by atoms with Crippen LogP contribution in [-0.2, 0) is 16.6 Å². The Balaban J connectivity index is 1.76. The third-order valence-corrected chi connectivity index (χ3v) is 7.38. The number of nitrogens with zero attached hydrogens (tertiary/aromatic N) is 1. The van der Waals surface area contributed by atoms with Crippen LogP contribution in [0.2, 0.25) is 0 Å². The maximum Gasteiger partial charge on any atom is 0.264 e. The smallest absolute Gasteiger partial charge is 0.264 e. The standard InChI is InChI=1S/C25H26N2O3S/c28-25(26-21-13-7-8-14-21)23-17-9-10-18-24(23)27(19-20-11-3-1-4-12-20)31(29,30)22-15-5-2-6-16-22/h1-6,9-12,15-18,21H,7-8,13-14,19H2,(H,26,28). The number of rotatable bonds is 7. The number of hydrogen-bond acceptors (Lipinski definition) is 3. The molecule has 1 aliphatic carbocycles. The fourth-order valence-electron chi connectivity index (χ4n) is 3.98. The van der Waals surface area contributed by atoms with Crippen LogP contribution in [0.15, 0.2) is 89.8 Å². The van der Waals surface area contributed by atoms with Crippen molar-refractivity contribution >= 4 is 21.6 Å². The van der Waals surface area contributed by atoms with Crippen molar-refractivity contribution in [2.45, 2.75) is 43.2 Å².